The van der Waals surface area contributed by atoms with Crippen LogP contribution in [0.2, 0.25) is 0 Å². The second-order valence-electron chi connectivity index (χ2n) is 16.6. The molecule has 0 saturated heterocycles. The van der Waals surface area contributed by atoms with Gasteiger partial charge in [-0.15, -0.1) is 0 Å². The van der Waals surface area contributed by atoms with E-state index in [2.05, 4.69) is 15.9 Å². The molecule has 0 bridgehead atoms. The Morgan fingerprint density at radius 2 is 0.831 bits per heavy atom. The molecule has 0 aliphatic heterocycles. The number of phenols is 1. The molecule has 2 aromatic rings. The van der Waals surface area contributed by atoms with E-state index in [1.54, 1.807) is 12.1 Å². The molecule has 0 heterocycles. The molecule has 0 amide bonds. The molecule has 12 nitrogen and oxygen atoms in total. The van der Waals surface area contributed by atoms with Gasteiger partial charge in [-0.1, -0.05) is 106 Å². The fourth-order valence-electron chi connectivity index (χ4n) is 5.55. The monoisotopic (exact) mass is 934 g/mol. The van der Waals surface area contributed by atoms with Gasteiger partial charge < -0.3 is 19.3 Å². The number of carbonyl (C=O) groups excluding carboxylic acids is 2. The van der Waals surface area contributed by atoms with Crippen molar-refractivity contribution in [3.8, 4) is 11.5 Å². The Hall–Kier alpha value is -2.72. The van der Waals surface area contributed by atoms with E-state index >= 15 is 0 Å². The molecule has 0 aromatic heterocycles. The molecule has 0 fully saturated rings. The predicted molar refractivity (Wildman–Crippen MR) is 241 cm³/mol. The van der Waals surface area contributed by atoms with Crippen LogP contribution < -0.4 is 15.0 Å². The first kappa shape index (κ1) is 56.3. The summed E-state index contributed by atoms with van der Waals surface area (Å²) in [6.45, 7) is 12.1. The number of benzene rings is 2. The number of sulfonamides is 2. The highest BCUT2D eigenvalue weighted by atomic mass is 79.9. The first-order valence-corrected chi connectivity index (χ1v) is 25.3. The van der Waals surface area contributed by atoms with E-state index in [1.807, 2.05) is 41.5 Å². The van der Waals surface area contributed by atoms with Gasteiger partial charge in [0.2, 0.25) is 20.0 Å². The molecule has 0 aliphatic carbocycles. The summed E-state index contributed by atoms with van der Waals surface area (Å²) in [4.78, 5) is 23.2. The van der Waals surface area contributed by atoms with Gasteiger partial charge >= 0.3 is 11.9 Å². The van der Waals surface area contributed by atoms with Gasteiger partial charge in [-0.05, 0) is 116 Å². The van der Waals surface area contributed by atoms with Gasteiger partial charge in [-0.3, -0.25) is 9.59 Å². The normalized spacial score (nSPS) is 11.7. The van der Waals surface area contributed by atoms with Gasteiger partial charge in [0.1, 0.15) is 22.7 Å². The van der Waals surface area contributed by atoms with Crippen LogP contribution in [0.3, 0.4) is 0 Å². The van der Waals surface area contributed by atoms with E-state index in [0.29, 0.717) is 25.2 Å². The number of halogens is 1. The lowest BCUT2D eigenvalue weighted by Gasteiger charge is -2.19. The summed E-state index contributed by atoms with van der Waals surface area (Å²) in [5.74, 6) is 0.517. The predicted octanol–water partition coefficient (Wildman–Crippen LogP) is 10.6. The van der Waals surface area contributed by atoms with Crippen molar-refractivity contribution in [1.29, 1.82) is 0 Å². The van der Waals surface area contributed by atoms with Crippen LogP contribution in [0.25, 0.3) is 0 Å². The lowest BCUT2D eigenvalue weighted by molar-refractivity contribution is -0.156. The quantitative estimate of drug-likeness (QED) is 0.0463. The summed E-state index contributed by atoms with van der Waals surface area (Å²) in [5.41, 5.74) is -0.730. The van der Waals surface area contributed by atoms with Crippen molar-refractivity contribution in [2.75, 3.05) is 11.9 Å². The number of phenolic OH excluding ortho intramolecular Hbond substituents is 1. The highest BCUT2D eigenvalue weighted by molar-refractivity contribution is 9.09. The Labute approximate surface area is 365 Å². The number of ether oxygens (including phenoxy) is 3. The van der Waals surface area contributed by atoms with E-state index in [9.17, 15) is 26.4 Å². The summed E-state index contributed by atoms with van der Waals surface area (Å²) in [6.07, 6.45) is 22.6. The van der Waals surface area contributed by atoms with Crippen LogP contribution in [-0.2, 0) is 39.1 Å². The summed E-state index contributed by atoms with van der Waals surface area (Å²) in [7, 11) is -7.28. The number of unbranched alkanes of at least 4 members (excludes halogenated alkanes) is 16. The van der Waals surface area contributed by atoms with Crippen LogP contribution in [0.15, 0.2) is 58.3 Å². The van der Waals surface area contributed by atoms with E-state index in [0.717, 1.165) is 43.9 Å². The van der Waals surface area contributed by atoms with Gasteiger partial charge in [-0.25, -0.2) is 27.1 Å². The molecule has 0 spiro atoms. The van der Waals surface area contributed by atoms with Gasteiger partial charge in [0, 0.05) is 18.2 Å². The van der Waals surface area contributed by atoms with Crippen molar-refractivity contribution in [1.82, 2.24) is 0 Å². The number of aromatic hydroxyl groups is 1. The highest BCUT2D eigenvalue weighted by Crippen LogP contribution is 2.18. The maximum atomic E-state index is 11.6. The van der Waals surface area contributed by atoms with Gasteiger partial charge in [0.05, 0.1) is 16.4 Å². The number of hydrogen-bond acceptors (Lipinski definition) is 10. The average Bonchev–Trinajstić information content (AvgIpc) is 3.11. The van der Waals surface area contributed by atoms with Gasteiger partial charge in [0.25, 0.3) is 0 Å². The minimum Gasteiger partial charge on any atom is -0.508 e. The Balaban J connectivity index is 0.000000955. The topological polar surface area (TPSA) is 202 Å². The number of alkyl halides is 1. The molecule has 2 aromatic carbocycles. The smallest absolute Gasteiger partial charge is 0.306 e. The van der Waals surface area contributed by atoms with E-state index in [4.69, 9.17) is 29.6 Å². The second-order valence-corrected chi connectivity index (χ2v) is 20.5. The number of primary sulfonamides is 2. The fourth-order valence-corrected chi connectivity index (χ4v) is 6.97. The minimum atomic E-state index is -3.65. The summed E-state index contributed by atoms with van der Waals surface area (Å²) < 4.78 is 59.9. The molecular weight excluding hydrogens is 861 g/mol. The highest BCUT2D eigenvalue weighted by Gasteiger charge is 2.16. The molecule has 5 N–H and O–H groups in total. The van der Waals surface area contributed by atoms with Crippen molar-refractivity contribution in [2.45, 2.75) is 191 Å². The first-order valence-electron chi connectivity index (χ1n) is 21.1. The van der Waals surface area contributed by atoms with Crippen molar-refractivity contribution in [3.05, 3.63) is 48.5 Å². The molecule has 0 unspecified atom stereocenters. The lowest BCUT2D eigenvalue weighted by Crippen LogP contribution is -2.23. The first-order chi connectivity index (χ1) is 27.5. The molecule has 0 radical (unpaired) electrons. The molecule has 0 atom stereocenters. The third-order valence-electron chi connectivity index (χ3n) is 8.47. The number of esters is 2. The third-order valence-corrected chi connectivity index (χ3v) is 10.9. The maximum Gasteiger partial charge on any atom is 0.306 e. The van der Waals surface area contributed by atoms with Crippen LogP contribution >= 0.6 is 15.9 Å². The van der Waals surface area contributed by atoms with Crippen molar-refractivity contribution >= 4 is 47.9 Å². The zero-order chi connectivity index (χ0) is 44.8. The largest absolute Gasteiger partial charge is 0.508 e. The number of hydrogen-bond donors (Lipinski definition) is 3. The molecular formula is C44H75BrN2O10S2. The summed E-state index contributed by atoms with van der Waals surface area (Å²) in [6, 6.07) is 11.2. The van der Waals surface area contributed by atoms with Crippen molar-refractivity contribution in [2.24, 2.45) is 10.3 Å². The van der Waals surface area contributed by atoms with E-state index < -0.39 is 20.0 Å². The molecule has 0 aliphatic rings. The Bertz CT molecular complexity index is 1620. The summed E-state index contributed by atoms with van der Waals surface area (Å²) >= 11 is 3.45. The number of rotatable bonds is 26. The van der Waals surface area contributed by atoms with Gasteiger partial charge in [-0.2, -0.15) is 0 Å². The van der Waals surface area contributed by atoms with Crippen LogP contribution in [-0.4, -0.2) is 57.0 Å². The van der Waals surface area contributed by atoms with Crippen molar-refractivity contribution in [3.63, 3.8) is 0 Å². The Kier molecular flexibility index (Phi) is 29.7. The summed E-state index contributed by atoms with van der Waals surface area (Å²) in [5, 5.41) is 19.8. The number of nitrogens with two attached hydrogens (primary N) is 2. The molecule has 15 heteroatoms. The van der Waals surface area contributed by atoms with Crippen LogP contribution in [0.5, 0.6) is 11.5 Å². The van der Waals surface area contributed by atoms with Crippen molar-refractivity contribution < 1.29 is 45.7 Å². The van der Waals surface area contributed by atoms with Crippen LogP contribution in [0.4, 0.5) is 0 Å². The Morgan fingerprint density at radius 1 is 0.525 bits per heavy atom. The molecule has 340 valence electrons. The SMILES string of the molecule is CC(C)(C)OC(=O)CCCCCCCCCCCBr.CC(C)(C)OC(=O)CCCCCCCCCCCOc1ccc(S(N)(=O)=O)cc1.NS(=O)(=O)c1ccc(O)cc1. The second kappa shape index (κ2) is 31.2. The molecule has 0 saturated carbocycles. The van der Waals surface area contributed by atoms with E-state index in [-0.39, 0.29) is 38.7 Å². The standard InChI is InChI=1S/C22H37NO5S.C16H31BrO2.C6H7NO3S/c1-22(2,3)28-21(24)13-11-9-7-5-4-6-8-10-12-18-27-19-14-16-20(17-15-19)29(23,25)26;1-16(2,3)19-15(18)13-11-9-7-5-4-6-8-10-12-14-17;7-11(9,10)6-3-1-5(8)2-4-6/h14-17H,4-13,18H2,1-3H3,(H2,23,25,26);4-14H2,1-3H3;1-4,8H,(H2,7,9,10). The zero-order valence-electron chi connectivity index (χ0n) is 36.6. The minimum absolute atomic E-state index is 0.00435. The fraction of sp³-hybridized carbons (Fsp3) is 0.682. The zero-order valence-corrected chi connectivity index (χ0v) is 39.9. The maximum absolute atomic E-state index is 11.6. The Morgan fingerprint density at radius 3 is 1.15 bits per heavy atom. The average molecular weight is 936 g/mol. The number of carbonyl (C=O) groups is 2. The van der Waals surface area contributed by atoms with Gasteiger partial charge in [0.15, 0.2) is 0 Å². The third kappa shape index (κ3) is 35.7. The molecule has 2 rings (SSSR count). The van der Waals surface area contributed by atoms with E-state index in [1.165, 1.54) is 113 Å². The van der Waals surface area contributed by atoms with Crippen LogP contribution in [0, 0.1) is 0 Å². The molecule has 59 heavy (non-hydrogen) atoms. The lowest BCUT2D eigenvalue weighted by atomic mass is 10.1. The van der Waals surface area contributed by atoms with Crippen LogP contribution in [0.1, 0.15) is 170 Å².